The molecule has 1 heterocycles. The molecule has 3 rings (SSSR count). The van der Waals surface area contributed by atoms with E-state index in [-0.39, 0.29) is 6.03 Å². The maximum Gasteiger partial charge on any atom is 0.320 e. The summed E-state index contributed by atoms with van der Waals surface area (Å²) in [6.07, 6.45) is 0. The topological polar surface area (TPSA) is 59.6 Å². The van der Waals surface area contributed by atoms with Crippen molar-refractivity contribution in [2.75, 3.05) is 13.2 Å². The molecule has 126 valence electrons. The summed E-state index contributed by atoms with van der Waals surface area (Å²) in [5.41, 5.74) is -0.667. The summed E-state index contributed by atoms with van der Waals surface area (Å²) < 4.78 is 12.3. The molecule has 0 bridgehead atoms. The Kier molecular flexibility index (Phi) is 4.55. The molecule has 1 fully saturated rings. The Morgan fingerprint density at radius 2 is 1.12 bits per heavy atom. The maximum atomic E-state index is 12.4. The Balaban J connectivity index is 2.25. The average Bonchev–Trinajstić information content (AvgIpc) is 2.90. The molecule has 0 saturated carbocycles. The minimum absolute atomic E-state index is 0.329. The smallest absolute Gasteiger partial charge is 0.320 e. The Morgan fingerprint density at radius 3 is 1.46 bits per heavy atom. The van der Waals surface area contributed by atoms with Gasteiger partial charge in [0.25, 0.3) is 0 Å². The number of nitrogens with one attached hydrogen (secondary N) is 2. The molecule has 1 aliphatic heterocycles. The molecule has 1 saturated heterocycles. The van der Waals surface area contributed by atoms with Gasteiger partial charge in [-0.3, -0.25) is 0 Å². The fraction of sp³-hybridized carbons (Fsp3) is 0.316. The van der Waals surface area contributed by atoms with E-state index >= 15 is 0 Å². The maximum absolute atomic E-state index is 12.4. The van der Waals surface area contributed by atoms with E-state index in [4.69, 9.17) is 9.47 Å². The molecule has 2 amide bonds. The molecular weight excluding hydrogens is 304 g/mol. The van der Waals surface area contributed by atoms with Crippen LogP contribution in [0.15, 0.2) is 60.7 Å². The Hall–Kier alpha value is -2.37. The van der Waals surface area contributed by atoms with Crippen molar-refractivity contribution in [3.05, 3.63) is 71.8 Å². The summed E-state index contributed by atoms with van der Waals surface area (Å²) in [4.78, 5) is 12.4. The lowest BCUT2D eigenvalue weighted by Gasteiger charge is -2.43. The van der Waals surface area contributed by atoms with Crippen molar-refractivity contribution in [3.63, 3.8) is 0 Å². The predicted molar refractivity (Wildman–Crippen MR) is 91.2 cm³/mol. The molecule has 5 heteroatoms. The number of benzene rings is 2. The summed E-state index contributed by atoms with van der Waals surface area (Å²) in [5, 5.41) is 5.92. The number of carbonyl (C=O) groups excluding carboxylic acids is 1. The standard InChI is InChI=1S/C19H22N2O3/c1-3-23-18(15-11-7-5-8-12-15)19(24-4-2,21-17(22)20-18)16-13-9-6-10-14-16/h5-14H,3-4H2,1-2H3,(H2,20,21,22)/t18-,19-/m0/s1. The molecule has 2 atom stereocenters. The number of hydrogen-bond acceptors (Lipinski definition) is 3. The molecule has 1 aliphatic rings. The second-order valence-electron chi connectivity index (χ2n) is 5.54. The third kappa shape index (κ3) is 2.46. The van der Waals surface area contributed by atoms with E-state index in [0.29, 0.717) is 13.2 Å². The van der Waals surface area contributed by atoms with E-state index in [2.05, 4.69) is 10.6 Å². The molecule has 0 radical (unpaired) electrons. The first-order valence-corrected chi connectivity index (χ1v) is 8.18. The molecule has 0 unspecified atom stereocenters. The van der Waals surface area contributed by atoms with Crippen LogP contribution in [0.3, 0.4) is 0 Å². The first-order chi connectivity index (χ1) is 11.7. The second kappa shape index (κ2) is 6.63. The highest BCUT2D eigenvalue weighted by Crippen LogP contribution is 2.45. The van der Waals surface area contributed by atoms with Crippen LogP contribution in [0.5, 0.6) is 0 Å². The number of hydrogen-bond donors (Lipinski definition) is 2. The largest absolute Gasteiger partial charge is 0.347 e. The number of ether oxygens (including phenoxy) is 2. The molecule has 0 aliphatic carbocycles. The van der Waals surface area contributed by atoms with Crippen molar-refractivity contribution in [2.24, 2.45) is 0 Å². The van der Waals surface area contributed by atoms with Crippen LogP contribution < -0.4 is 10.6 Å². The summed E-state index contributed by atoms with van der Waals surface area (Å²) in [5.74, 6) is 0. The van der Waals surface area contributed by atoms with Crippen LogP contribution in [0.25, 0.3) is 0 Å². The molecule has 24 heavy (non-hydrogen) atoms. The van der Waals surface area contributed by atoms with E-state index in [1.807, 2.05) is 74.5 Å². The highest BCUT2D eigenvalue weighted by Gasteiger charge is 2.63. The molecule has 0 aromatic heterocycles. The van der Waals surface area contributed by atoms with Crippen LogP contribution in [-0.4, -0.2) is 19.2 Å². The molecule has 5 nitrogen and oxygen atoms in total. The molecule has 2 aromatic rings. The quantitative estimate of drug-likeness (QED) is 0.857. The predicted octanol–water partition coefficient (Wildman–Crippen LogP) is 3.08. The minimum Gasteiger partial charge on any atom is -0.347 e. The highest BCUT2D eigenvalue weighted by molar-refractivity contribution is 5.80. The van der Waals surface area contributed by atoms with Crippen LogP contribution in [0, 0.1) is 0 Å². The lowest BCUT2D eigenvalue weighted by molar-refractivity contribution is -0.222. The van der Waals surface area contributed by atoms with Crippen molar-refractivity contribution in [2.45, 2.75) is 25.3 Å². The van der Waals surface area contributed by atoms with Crippen LogP contribution in [0.1, 0.15) is 25.0 Å². The number of rotatable bonds is 6. The third-order valence-corrected chi connectivity index (χ3v) is 4.16. The van der Waals surface area contributed by atoms with E-state index < -0.39 is 11.4 Å². The highest BCUT2D eigenvalue weighted by atomic mass is 16.6. The van der Waals surface area contributed by atoms with Gasteiger partial charge in [0.1, 0.15) is 0 Å². The minimum atomic E-state index is -1.16. The van der Waals surface area contributed by atoms with Crippen LogP contribution in [0.2, 0.25) is 0 Å². The van der Waals surface area contributed by atoms with Crippen molar-refractivity contribution < 1.29 is 14.3 Å². The molecular formula is C19H22N2O3. The van der Waals surface area contributed by atoms with Gasteiger partial charge < -0.3 is 20.1 Å². The van der Waals surface area contributed by atoms with Crippen LogP contribution >= 0.6 is 0 Å². The normalized spacial score (nSPS) is 26.0. The van der Waals surface area contributed by atoms with Crippen LogP contribution in [0.4, 0.5) is 4.79 Å². The summed E-state index contributed by atoms with van der Waals surface area (Å²) >= 11 is 0. The zero-order chi connectivity index (χ0) is 17.0. The van der Waals surface area contributed by atoms with Gasteiger partial charge in [0.15, 0.2) is 0 Å². The first-order valence-electron chi connectivity index (χ1n) is 8.18. The Morgan fingerprint density at radius 1 is 0.750 bits per heavy atom. The van der Waals surface area contributed by atoms with Gasteiger partial charge in [-0.15, -0.1) is 0 Å². The monoisotopic (exact) mass is 326 g/mol. The van der Waals surface area contributed by atoms with Crippen molar-refractivity contribution in [1.82, 2.24) is 10.6 Å². The second-order valence-corrected chi connectivity index (χ2v) is 5.54. The zero-order valence-corrected chi connectivity index (χ0v) is 13.9. The fourth-order valence-corrected chi connectivity index (χ4v) is 3.30. The lowest BCUT2D eigenvalue weighted by Crippen LogP contribution is -2.58. The van der Waals surface area contributed by atoms with Gasteiger partial charge in [0.2, 0.25) is 11.4 Å². The summed E-state index contributed by atoms with van der Waals surface area (Å²) in [7, 11) is 0. The number of urea groups is 1. The SMILES string of the molecule is CCO[C@]1(c2ccccc2)NC(=O)N[C@]1(OCC)c1ccccc1. The molecule has 2 N–H and O–H groups in total. The van der Waals surface area contributed by atoms with Gasteiger partial charge in [-0.25, -0.2) is 4.79 Å². The van der Waals surface area contributed by atoms with E-state index in [9.17, 15) is 4.79 Å². The Bertz CT molecular complexity index is 633. The molecule has 2 aromatic carbocycles. The van der Waals surface area contributed by atoms with Crippen LogP contribution in [-0.2, 0) is 20.9 Å². The number of carbonyl (C=O) groups is 1. The van der Waals surface area contributed by atoms with Gasteiger partial charge >= 0.3 is 6.03 Å². The number of amides is 2. The fourth-order valence-electron chi connectivity index (χ4n) is 3.30. The molecule has 0 spiro atoms. The summed E-state index contributed by atoms with van der Waals surface area (Å²) in [6.45, 7) is 4.63. The van der Waals surface area contributed by atoms with Gasteiger partial charge in [-0.2, -0.15) is 0 Å². The average molecular weight is 326 g/mol. The third-order valence-electron chi connectivity index (χ3n) is 4.16. The van der Waals surface area contributed by atoms with Gasteiger partial charge in [0.05, 0.1) is 0 Å². The lowest BCUT2D eigenvalue weighted by atomic mass is 9.86. The van der Waals surface area contributed by atoms with Crippen molar-refractivity contribution >= 4 is 6.03 Å². The van der Waals surface area contributed by atoms with Crippen molar-refractivity contribution in [1.29, 1.82) is 0 Å². The summed E-state index contributed by atoms with van der Waals surface area (Å²) in [6, 6.07) is 18.9. The van der Waals surface area contributed by atoms with E-state index in [1.54, 1.807) is 0 Å². The Labute approximate surface area is 142 Å². The van der Waals surface area contributed by atoms with E-state index in [1.165, 1.54) is 0 Å². The van der Waals surface area contributed by atoms with Gasteiger partial charge in [-0.05, 0) is 13.8 Å². The van der Waals surface area contributed by atoms with Gasteiger partial charge in [0, 0.05) is 24.3 Å². The van der Waals surface area contributed by atoms with Crippen molar-refractivity contribution in [3.8, 4) is 0 Å². The van der Waals surface area contributed by atoms with Gasteiger partial charge in [-0.1, -0.05) is 60.7 Å². The van der Waals surface area contributed by atoms with E-state index in [0.717, 1.165) is 11.1 Å². The first kappa shape index (κ1) is 16.5. The zero-order valence-electron chi connectivity index (χ0n) is 13.9.